The summed E-state index contributed by atoms with van der Waals surface area (Å²) in [5.74, 6) is 0.117. The number of hydrogen-bond donors (Lipinski definition) is 0. The highest BCUT2D eigenvalue weighted by Gasteiger charge is 2.56. The summed E-state index contributed by atoms with van der Waals surface area (Å²) in [5.41, 5.74) is 2.23. The van der Waals surface area contributed by atoms with Crippen LogP contribution in [0, 0.1) is 0 Å². The first-order chi connectivity index (χ1) is 9.89. The molecule has 21 heavy (non-hydrogen) atoms. The van der Waals surface area contributed by atoms with Gasteiger partial charge in [-0.2, -0.15) is 13.2 Å². The molecule has 2 aromatic carbocycles. The molecule has 0 N–H and O–H groups in total. The minimum absolute atomic E-state index is 0.117. The highest BCUT2D eigenvalue weighted by molar-refractivity contribution is 6.25. The third-order valence-electron chi connectivity index (χ3n) is 3.24. The van der Waals surface area contributed by atoms with Gasteiger partial charge in [-0.1, -0.05) is 54.1 Å². The van der Waals surface area contributed by atoms with Gasteiger partial charge in [-0.05, 0) is 29.3 Å². The molecule has 0 saturated heterocycles. The van der Waals surface area contributed by atoms with Crippen LogP contribution in [0.2, 0.25) is 0 Å². The van der Waals surface area contributed by atoms with E-state index in [0.29, 0.717) is 5.56 Å². The van der Waals surface area contributed by atoms with E-state index in [9.17, 15) is 13.2 Å². The Bertz CT molecular complexity index is 694. The van der Waals surface area contributed by atoms with Crippen molar-refractivity contribution in [2.75, 3.05) is 0 Å². The molecule has 1 heterocycles. The van der Waals surface area contributed by atoms with Crippen LogP contribution in [0.1, 0.15) is 5.56 Å². The highest BCUT2D eigenvalue weighted by Crippen LogP contribution is 2.44. The fourth-order valence-electron chi connectivity index (χ4n) is 2.11. The lowest BCUT2D eigenvalue weighted by Gasteiger charge is -2.31. The highest BCUT2D eigenvalue weighted by atomic mass is 35.5. The van der Waals surface area contributed by atoms with Gasteiger partial charge in [0.25, 0.3) is 5.06 Å². The second kappa shape index (κ2) is 4.81. The molecule has 0 bridgehead atoms. The van der Waals surface area contributed by atoms with Crippen molar-refractivity contribution in [1.82, 2.24) is 0 Å². The van der Waals surface area contributed by atoms with E-state index in [1.807, 2.05) is 36.4 Å². The van der Waals surface area contributed by atoms with E-state index in [4.69, 9.17) is 16.3 Å². The van der Waals surface area contributed by atoms with Crippen LogP contribution in [0.3, 0.4) is 0 Å². The molecule has 1 aliphatic heterocycles. The molecular formula is C16H10ClF3O. The van der Waals surface area contributed by atoms with Gasteiger partial charge in [-0.3, -0.25) is 0 Å². The molecule has 0 fully saturated rings. The number of alkyl halides is 4. The van der Waals surface area contributed by atoms with E-state index >= 15 is 0 Å². The first kappa shape index (κ1) is 14.0. The van der Waals surface area contributed by atoms with Crippen molar-refractivity contribution >= 4 is 17.7 Å². The predicted octanol–water partition coefficient (Wildman–Crippen LogP) is 5.26. The van der Waals surface area contributed by atoms with Crippen LogP contribution >= 0.6 is 11.6 Å². The lowest BCUT2D eigenvalue weighted by molar-refractivity contribution is -0.197. The number of halogens is 4. The number of benzene rings is 2. The van der Waals surface area contributed by atoms with Gasteiger partial charge >= 0.3 is 6.18 Å². The van der Waals surface area contributed by atoms with E-state index < -0.39 is 11.2 Å². The summed E-state index contributed by atoms with van der Waals surface area (Å²) in [6, 6.07) is 14.4. The fraction of sp³-hybridized carbons (Fsp3) is 0.125. The lowest BCUT2D eigenvalue weighted by Crippen LogP contribution is -2.44. The summed E-state index contributed by atoms with van der Waals surface area (Å²) in [4.78, 5) is 0. The van der Waals surface area contributed by atoms with Gasteiger partial charge < -0.3 is 4.74 Å². The molecule has 1 unspecified atom stereocenters. The average Bonchev–Trinajstić information content (AvgIpc) is 2.46. The van der Waals surface area contributed by atoms with E-state index in [1.54, 1.807) is 12.1 Å². The molecule has 0 radical (unpaired) electrons. The Balaban J connectivity index is 2.02. The zero-order chi connectivity index (χ0) is 15.1. The number of fused-ring (bicyclic) bond motifs is 1. The van der Waals surface area contributed by atoms with Gasteiger partial charge in [-0.15, -0.1) is 0 Å². The van der Waals surface area contributed by atoms with E-state index in [0.717, 1.165) is 17.2 Å². The Hall–Kier alpha value is -1.94. The summed E-state index contributed by atoms with van der Waals surface area (Å²) in [5, 5.41) is -2.81. The second-order valence-electron chi connectivity index (χ2n) is 4.70. The predicted molar refractivity (Wildman–Crippen MR) is 76.2 cm³/mol. The van der Waals surface area contributed by atoms with Crippen molar-refractivity contribution in [2.24, 2.45) is 0 Å². The molecule has 0 aliphatic carbocycles. The van der Waals surface area contributed by atoms with E-state index in [2.05, 4.69) is 0 Å². The van der Waals surface area contributed by atoms with Crippen molar-refractivity contribution in [3.8, 4) is 16.9 Å². The summed E-state index contributed by atoms with van der Waals surface area (Å²) < 4.78 is 43.8. The van der Waals surface area contributed by atoms with Crippen LogP contribution in [0.5, 0.6) is 5.75 Å². The molecule has 0 spiro atoms. The quantitative estimate of drug-likeness (QED) is 0.653. The third-order valence-corrected chi connectivity index (χ3v) is 3.66. The maximum Gasteiger partial charge on any atom is 0.447 e. The Morgan fingerprint density at radius 2 is 1.67 bits per heavy atom. The molecule has 1 nitrogen and oxygen atoms in total. The molecule has 5 heteroatoms. The van der Waals surface area contributed by atoms with Crippen LogP contribution in [-0.2, 0) is 0 Å². The number of ether oxygens (including phenoxy) is 1. The second-order valence-corrected chi connectivity index (χ2v) is 5.26. The zero-order valence-corrected chi connectivity index (χ0v) is 11.4. The van der Waals surface area contributed by atoms with Crippen LogP contribution in [0.25, 0.3) is 17.2 Å². The molecule has 1 aliphatic rings. The molecule has 108 valence electrons. The Labute approximate surface area is 124 Å². The minimum Gasteiger partial charge on any atom is -0.458 e. The summed E-state index contributed by atoms with van der Waals surface area (Å²) >= 11 is 5.54. The first-order valence-corrected chi connectivity index (χ1v) is 6.60. The minimum atomic E-state index is -4.69. The van der Waals surface area contributed by atoms with Crippen LogP contribution in [0.15, 0.2) is 54.6 Å². The molecule has 0 aromatic heterocycles. The zero-order valence-electron chi connectivity index (χ0n) is 10.7. The van der Waals surface area contributed by atoms with E-state index in [1.165, 1.54) is 6.08 Å². The van der Waals surface area contributed by atoms with Crippen LogP contribution in [0.4, 0.5) is 13.2 Å². The number of hydrogen-bond acceptors (Lipinski definition) is 1. The molecule has 2 aromatic rings. The molecule has 3 rings (SSSR count). The standard InChI is InChI=1S/C16H10ClF3O/c17-15(16(18,19)20)9-8-12-6-7-13(10-14(12)21-15)11-4-2-1-3-5-11/h1-10H. The van der Waals surface area contributed by atoms with Crippen molar-refractivity contribution in [3.63, 3.8) is 0 Å². The summed E-state index contributed by atoms with van der Waals surface area (Å²) in [7, 11) is 0. The number of rotatable bonds is 1. The van der Waals surface area contributed by atoms with Gasteiger partial charge in [0, 0.05) is 5.56 Å². The van der Waals surface area contributed by atoms with Crippen molar-refractivity contribution in [2.45, 2.75) is 11.2 Å². The van der Waals surface area contributed by atoms with Gasteiger partial charge in [0.05, 0.1) is 0 Å². The Kier molecular flexibility index (Phi) is 3.21. The average molecular weight is 311 g/mol. The third kappa shape index (κ3) is 2.51. The molecular weight excluding hydrogens is 301 g/mol. The van der Waals surface area contributed by atoms with Crippen molar-refractivity contribution in [3.05, 3.63) is 60.2 Å². The van der Waals surface area contributed by atoms with Gasteiger partial charge in [0.15, 0.2) is 0 Å². The van der Waals surface area contributed by atoms with Crippen LogP contribution < -0.4 is 4.74 Å². The van der Waals surface area contributed by atoms with Gasteiger partial charge in [-0.25, -0.2) is 0 Å². The van der Waals surface area contributed by atoms with Crippen LogP contribution in [-0.4, -0.2) is 11.2 Å². The maximum atomic E-state index is 12.9. The molecule has 0 amide bonds. The largest absolute Gasteiger partial charge is 0.458 e. The van der Waals surface area contributed by atoms with Gasteiger partial charge in [0.2, 0.25) is 0 Å². The Morgan fingerprint density at radius 3 is 2.33 bits per heavy atom. The molecule has 0 saturated carbocycles. The SMILES string of the molecule is FC(F)(F)C1(Cl)C=Cc2ccc(-c3ccccc3)cc2O1. The van der Waals surface area contributed by atoms with Crippen molar-refractivity contribution in [1.29, 1.82) is 0 Å². The summed E-state index contributed by atoms with van der Waals surface area (Å²) in [6.07, 6.45) is -2.54. The Morgan fingerprint density at radius 1 is 0.952 bits per heavy atom. The summed E-state index contributed by atoms with van der Waals surface area (Å²) in [6.45, 7) is 0. The lowest BCUT2D eigenvalue weighted by atomic mass is 10.0. The smallest absolute Gasteiger partial charge is 0.447 e. The first-order valence-electron chi connectivity index (χ1n) is 6.22. The normalized spacial score (nSPS) is 20.8. The van der Waals surface area contributed by atoms with Crippen molar-refractivity contribution < 1.29 is 17.9 Å². The molecule has 1 atom stereocenters. The monoisotopic (exact) mass is 310 g/mol. The van der Waals surface area contributed by atoms with Gasteiger partial charge in [0.1, 0.15) is 5.75 Å². The maximum absolute atomic E-state index is 12.9. The topological polar surface area (TPSA) is 9.23 Å². The van der Waals surface area contributed by atoms with E-state index in [-0.39, 0.29) is 5.75 Å². The fourth-order valence-corrected chi connectivity index (χ4v) is 2.26.